The molecule has 0 amide bonds. The third-order valence-corrected chi connectivity index (χ3v) is 4.28. The number of thiophene rings is 1. The van der Waals surface area contributed by atoms with E-state index in [1.165, 1.54) is 21.8 Å². The van der Waals surface area contributed by atoms with Crippen LogP contribution in [0.1, 0.15) is 17.4 Å². The van der Waals surface area contributed by atoms with Crippen molar-refractivity contribution in [3.63, 3.8) is 0 Å². The van der Waals surface area contributed by atoms with E-state index in [1.807, 2.05) is 6.92 Å². The number of hydrogen-bond donors (Lipinski definition) is 1. The van der Waals surface area contributed by atoms with Crippen LogP contribution in [0.5, 0.6) is 0 Å². The van der Waals surface area contributed by atoms with Crippen molar-refractivity contribution in [3.8, 4) is 0 Å². The summed E-state index contributed by atoms with van der Waals surface area (Å²) >= 11 is 1.74. The molecule has 0 saturated carbocycles. The largest absolute Gasteiger partial charge is 0.393 e. The Morgan fingerprint density at radius 3 is 3.06 bits per heavy atom. The Kier molecular flexibility index (Phi) is 3.10. The number of aliphatic hydroxyl groups excluding tert-OH is 1. The Labute approximate surface area is 112 Å². The first-order chi connectivity index (χ1) is 8.74. The number of hydrogen-bond acceptors (Lipinski definition) is 3. The molecule has 0 spiro atoms. The molecule has 94 valence electrons. The molecule has 2 heterocycles. The van der Waals surface area contributed by atoms with Gasteiger partial charge in [0.2, 0.25) is 0 Å². The van der Waals surface area contributed by atoms with Gasteiger partial charge in [0.25, 0.3) is 0 Å². The third kappa shape index (κ3) is 2.16. The molecule has 1 aromatic carbocycles. The van der Waals surface area contributed by atoms with Crippen LogP contribution in [-0.2, 0) is 12.8 Å². The highest BCUT2D eigenvalue weighted by Gasteiger charge is 2.20. The summed E-state index contributed by atoms with van der Waals surface area (Å²) < 4.78 is 0. The molecule has 2 nitrogen and oxygen atoms in total. The summed E-state index contributed by atoms with van der Waals surface area (Å²) in [6.45, 7) is 2.90. The van der Waals surface area contributed by atoms with E-state index in [0.717, 1.165) is 19.4 Å². The minimum atomic E-state index is -0.262. The standard InChI is InChI=1S/C15H17NOS/c1-11(17)8-14-9-13(10-18-14)16-7-6-12-4-2-3-5-15(12)16/h2-5,9-11,17H,6-8H2,1H3. The Balaban J connectivity index is 1.86. The topological polar surface area (TPSA) is 23.5 Å². The van der Waals surface area contributed by atoms with Crippen LogP contribution >= 0.6 is 11.3 Å². The van der Waals surface area contributed by atoms with E-state index in [4.69, 9.17) is 0 Å². The van der Waals surface area contributed by atoms with Gasteiger partial charge in [-0.1, -0.05) is 18.2 Å². The quantitative estimate of drug-likeness (QED) is 0.913. The fraction of sp³-hybridized carbons (Fsp3) is 0.333. The lowest BCUT2D eigenvalue weighted by Gasteiger charge is -2.17. The summed E-state index contributed by atoms with van der Waals surface area (Å²) in [6, 6.07) is 10.8. The molecule has 1 aliphatic heterocycles. The highest BCUT2D eigenvalue weighted by atomic mass is 32.1. The zero-order valence-corrected chi connectivity index (χ0v) is 11.3. The normalized spacial score (nSPS) is 15.8. The van der Waals surface area contributed by atoms with E-state index < -0.39 is 0 Å². The lowest BCUT2D eigenvalue weighted by Crippen LogP contribution is -2.12. The minimum absolute atomic E-state index is 0.262. The van der Waals surface area contributed by atoms with Gasteiger partial charge >= 0.3 is 0 Å². The fourth-order valence-electron chi connectivity index (χ4n) is 2.52. The van der Waals surface area contributed by atoms with E-state index in [0.29, 0.717) is 0 Å². The van der Waals surface area contributed by atoms with Gasteiger partial charge < -0.3 is 10.0 Å². The summed E-state index contributed by atoms with van der Waals surface area (Å²) in [6.07, 6.45) is 1.61. The Bertz CT molecular complexity index is 547. The van der Waals surface area contributed by atoms with Crippen LogP contribution in [-0.4, -0.2) is 17.8 Å². The molecular weight excluding hydrogens is 242 g/mol. The number of aliphatic hydroxyl groups is 1. The van der Waals surface area contributed by atoms with Crippen molar-refractivity contribution in [3.05, 3.63) is 46.2 Å². The Morgan fingerprint density at radius 2 is 2.22 bits per heavy atom. The van der Waals surface area contributed by atoms with Gasteiger partial charge in [-0.25, -0.2) is 0 Å². The number of benzene rings is 1. The van der Waals surface area contributed by atoms with Gasteiger partial charge in [-0.05, 0) is 31.0 Å². The lowest BCUT2D eigenvalue weighted by atomic mass is 10.2. The van der Waals surface area contributed by atoms with E-state index in [2.05, 4.69) is 40.6 Å². The van der Waals surface area contributed by atoms with Crippen molar-refractivity contribution in [2.75, 3.05) is 11.4 Å². The number of rotatable bonds is 3. The molecule has 3 rings (SSSR count). The molecule has 0 radical (unpaired) electrons. The van der Waals surface area contributed by atoms with Crippen LogP contribution < -0.4 is 4.90 Å². The van der Waals surface area contributed by atoms with Gasteiger partial charge in [0.15, 0.2) is 0 Å². The minimum Gasteiger partial charge on any atom is -0.393 e. The maximum Gasteiger partial charge on any atom is 0.0560 e. The van der Waals surface area contributed by atoms with Crippen LogP contribution in [0.4, 0.5) is 11.4 Å². The lowest BCUT2D eigenvalue weighted by molar-refractivity contribution is 0.196. The Hall–Kier alpha value is -1.32. The van der Waals surface area contributed by atoms with E-state index in [-0.39, 0.29) is 6.10 Å². The second-order valence-corrected chi connectivity index (χ2v) is 5.85. The summed E-state index contributed by atoms with van der Waals surface area (Å²) in [5.74, 6) is 0. The first-order valence-electron chi connectivity index (χ1n) is 6.35. The third-order valence-electron chi connectivity index (χ3n) is 3.34. The van der Waals surface area contributed by atoms with E-state index in [1.54, 1.807) is 11.3 Å². The van der Waals surface area contributed by atoms with Crippen LogP contribution in [0.15, 0.2) is 35.7 Å². The average Bonchev–Trinajstić information content (AvgIpc) is 2.94. The molecule has 0 aliphatic carbocycles. The van der Waals surface area contributed by atoms with Gasteiger partial charge in [-0.3, -0.25) is 0 Å². The zero-order valence-electron chi connectivity index (χ0n) is 10.5. The van der Waals surface area contributed by atoms with Crippen molar-refractivity contribution in [2.24, 2.45) is 0 Å². The molecule has 0 fully saturated rings. The molecule has 0 bridgehead atoms. The van der Waals surface area contributed by atoms with Crippen LogP contribution in [0, 0.1) is 0 Å². The average molecular weight is 259 g/mol. The molecule has 0 saturated heterocycles. The molecule has 1 aromatic heterocycles. The van der Waals surface area contributed by atoms with Gasteiger partial charge in [0, 0.05) is 28.9 Å². The number of para-hydroxylation sites is 1. The predicted octanol–water partition coefficient (Wildman–Crippen LogP) is 3.37. The number of nitrogens with zero attached hydrogens (tertiary/aromatic N) is 1. The van der Waals surface area contributed by atoms with Gasteiger partial charge in [0.1, 0.15) is 0 Å². The number of fused-ring (bicyclic) bond motifs is 1. The first kappa shape index (κ1) is 11.8. The summed E-state index contributed by atoms with van der Waals surface area (Å²) in [5.41, 5.74) is 4.03. The van der Waals surface area contributed by atoms with E-state index >= 15 is 0 Å². The van der Waals surface area contributed by atoms with Crippen LogP contribution in [0.3, 0.4) is 0 Å². The van der Waals surface area contributed by atoms with Crippen molar-refractivity contribution < 1.29 is 5.11 Å². The van der Waals surface area contributed by atoms with Crippen LogP contribution in [0.2, 0.25) is 0 Å². The van der Waals surface area contributed by atoms with Crippen molar-refractivity contribution in [1.82, 2.24) is 0 Å². The molecule has 1 unspecified atom stereocenters. The summed E-state index contributed by atoms with van der Waals surface area (Å²) in [7, 11) is 0. The van der Waals surface area contributed by atoms with Gasteiger partial charge in [-0.2, -0.15) is 0 Å². The molecule has 1 atom stereocenters. The smallest absolute Gasteiger partial charge is 0.0560 e. The van der Waals surface area contributed by atoms with Crippen molar-refractivity contribution in [2.45, 2.75) is 25.9 Å². The molecule has 2 aromatic rings. The molecular formula is C15H17NOS. The first-order valence-corrected chi connectivity index (χ1v) is 7.23. The molecule has 1 aliphatic rings. The highest BCUT2D eigenvalue weighted by molar-refractivity contribution is 7.10. The number of anilines is 2. The van der Waals surface area contributed by atoms with Gasteiger partial charge in [0.05, 0.1) is 11.8 Å². The SMILES string of the molecule is CC(O)Cc1cc(N2CCc3ccccc32)cs1. The summed E-state index contributed by atoms with van der Waals surface area (Å²) in [5, 5.41) is 11.6. The van der Waals surface area contributed by atoms with Crippen LogP contribution in [0.25, 0.3) is 0 Å². The maximum absolute atomic E-state index is 9.43. The second-order valence-electron chi connectivity index (χ2n) is 4.85. The van der Waals surface area contributed by atoms with Crippen molar-refractivity contribution >= 4 is 22.7 Å². The van der Waals surface area contributed by atoms with Gasteiger partial charge in [-0.15, -0.1) is 11.3 Å². The highest BCUT2D eigenvalue weighted by Crippen LogP contribution is 2.36. The predicted molar refractivity (Wildman–Crippen MR) is 76.9 cm³/mol. The fourth-order valence-corrected chi connectivity index (χ4v) is 3.51. The Morgan fingerprint density at radius 1 is 1.39 bits per heavy atom. The van der Waals surface area contributed by atoms with Crippen molar-refractivity contribution in [1.29, 1.82) is 0 Å². The van der Waals surface area contributed by atoms with E-state index in [9.17, 15) is 5.11 Å². The summed E-state index contributed by atoms with van der Waals surface area (Å²) in [4.78, 5) is 3.63. The molecule has 1 N–H and O–H groups in total. The maximum atomic E-state index is 9.43. The second kappa shape index (κ2) is 4.75. The molecule has 3 heteroatoms. The monoisotopic (exact) mass is 259 g/mol. The zero-order chi connectivity index (χ0) is 12.5. The molecule has 18 heavy (non-hydrogen) atoms.